The van der Waals surface area contributed by atoms with E-state index in [1.165, 1.54) is 0 Å². The first kappa shape index (κ1) is 22.5. The van der Waals surface area contributed by atoms with Crippen molar-refractivity contribution in [2.75, 3.05) is 43.0 Å². The first-order chi connectivity index (χ1) is 14.8. The number of amides is 2. The molecule has 0 spiro atoms. The summed E-state index contributed by atoms with van der Waals surface area (Å²) in [5.41, 5.74) is 1.88. The van der Waals surface area contributed by atoms with E-state index in [-0.39, 0.29) is 19.0 Å². The predicted octanol–water partition coefficient (Wildman–Crippen LogP) is 3.94. The van der Waals surface area contributed by atoms with Gasteiger partial charge in [0.25, 0.3) is 5.91 Å². The van der Waals surface area contributed by atoms with Crippen LogP contribution in [0.25, 0.3) is 0 Å². The molecule has 0 aliphatic carbocycles. The molecule has 166 valence electrons. The molecule has 1 aliphatic heterocycles. The van der Waals surface area contributed by atoms with Crippen LogP contribution < -0.4 is 15.0 Å². The average Bonchev–Trinajstić information content (AvgIpc) is 2.77. The van der Waals surface area contributed by atoms with Crippen molar-refractivity contribution in [1.29, 1.82) is 0 Å². The summed E-state index contributed by atoms with van der Waals surface area (Å²) in [6, 6.07) is 14.0. The van der Waals surface area contributed by atoms with Crippen LogP contribution in [0.3, 0.4) is 0 Å². The average molecular weight is 435 g/mol. The number of hydrogen-bond acceptors (Lipinski definition) is 4. The molecule has 0 bridgehead atoms. The van der Waals surface area contributed by atoms with Crippen LogP contribution in [-0.2, 0) is 4.79 Å². The maximum atomic E-state index is 12.6. The zero-order valence-corrected chi connectivity index (χ0v) is 17.1. The Kier molecular flexibility index (Phi) is 7.04. The standard InChI is InChI=1S/C22H24F3N3O3/c1-2-14-31-19-5-3-4-16(15-19)20(29)26-17-6-8-18(9-7-17)27-10-12-28(13-11-27)21(30)22(23,24)25/h3-9,15H,2,10-14H2,1H3,(H,26,29). The van der Waals surface area contributed by atoms with E-state index in [9.17, 15) is 22.8 Å². The number of carbonyl (C=O) groups is 2. The summed E-state index contributed by atoms with van der Waals surface area (Å²) in [5, 5.41) is 2.82. The third kappa shape index (κ3) is 5.90. The van der Waals surface area contributed by atoms with Crippen LogP contribution in [0.2, 0.25) is 0 Å². The lowest BCUT2D eigenvalue weighted by Crippen LogP contribution is -2.52. The van der Waals surface area contributed by atoms with Crippen molar-refractivity contribution in [1.82, 2.24) is 4.90 Å². The second kappa shape index (κ2) is 9.72. The minimum atomic E-state index is -4.84. The van der Waals surface area contributed by atoms with Gasteiger partial charge < -0.3 is 19.9 Å². The molecule has 2 aromatic carbocycles. The highest BCUT2D eigenvalue weighted by Gasteiger charge is 2.43. The number of piperazine rings is 1. The molecule has 6 nitrogen and oxygen atoms in total. The van der Waals surface area contributed by atoms with E-state index in [2.05, 4.69) is 5.32 Å². The number of halogens is 3. The Labute approximate surface area is 178 Å². The largest absolute Gasteiger partial charge is 0.494 e. The minimum absolute atomic E-state index is 0.00722. The number of alkyl halides is 3. The maximum absolute atomic E-state index is 12.6. The Hall–Kier alpha value is -3.23. The SMILES string of the molecule is CCCOc1cccc(C(=O)Nc2ccc(N3CCN(C(=O)C(F)(F)F)CC3)cc2)c1. The van der Waals surface area contributed by atoms with Gasteiger partial charge in [0.1, 0.15) is 5.75 Å². The van der Waals surface area contributed by atoms with Gasteiger partial charge in [-0.25, -0.2) is 0 Å². The highest BCUT2D eigenvalue weighted by molar-refractivity contribution is 6.04. The normalized spacial score (nSPS) is 14.3. The molecular formula is C22H24F3N3O3. The molecule has 1 heterocycles. The van der Waals surface area contributed by atoms with Crippen LogP contribution in [0.4, 0.5) is 24.5 Å². The Morgan fingerprint density at radius 3 is 2.32 bits per heavy atom. The number of anilines is 2. The number of rotatable bonds is 6. The molecule has 3 rings (SSSR count). The second-order valence-electron chi connectivity index (χ2n) is 7.15. The molecule has 0 radical (unpaired) electrons. The summed E-state index contributed by atoms with van der Waals surface area (Å²) >= 11 is 0. The van der Waals surface area contributed by atoms with Gasteiger partial charge in [0.15, 0.2) is 0 Å². The van der Waals surface area contributed by atoms with Crippen LogP contribution in [0.1, 0.15) is 23.7 Å². The number of ether oxygens (including phenoxy) is 1. The fourth-order valence-corrected chi connectivity index (χ4v) is 3.25. The third-order valence-electron chi connectivity index (χ3n) is 4.87. The van der Waals surface area contributed by atoms with Crippen molar-refractivity contribution >= 4 is 23.2 Å². The van der Waals surface area contributed by atoms with Crippen LogP contribution >= 0.6 is 0 Å². The van der Waals surface area contributed by atoms with Gasteiger partial charge in [0, 0.05) is 43.1 Å². The number of nitrogens with one attached hydrogen (secondary N) is 1. The summed E-state index contributed by atoms with van der Waals surface area (Å²) in [7, 11) is 0. The summed E-state index contributed by atoms with van der Waals surface area (Å²) in [6.45, 7) is 3.20. The fourth-order valence-electron chi connectivity index (χ4n) is 3.25. The van der Waals surface area contributed by atoms with Gasteiger partial charge in [-0.1, -0.05) is 13.0 Å². The van der Waals surface area contributed by atoms with E-state index < -0.39 is 12.1 Å². The molecule has 1 N–H and O–H groups in total. The fraction of sp³-hybridized carbons (Fsp3) is 0.364. The maximum Gasteiger partial charge on any atom is 0.471 e. The Bertz CT molecular complexity index is 908. The smallest absolute Gasteiger partial charge is 0.471 e. The van der Waals surface area contributed by atoms with Gasteiger partial charge in [-0.2, -0.15) is 13.2 Å². The van der Waals surface area contributed by atoms with Crippen molar-refractivity contribution in [2.24, 2.45) is 0 Å². The van der Waals surface area contributed by atoms with E-state index in [0.29, 0.717) is 36.7 Å². The number of hydrogen-bond donors (Lipinski definition) is 1. The van der Waals surface area contributed by atoms with Crippen molar-refractivity contribution in [3.8, 4) is 5.75 Å². The lowest BCUT2D eigenvalue weighted by Gasteiger charge is -2.36. The number of benzene rings is 2. The van der Waals surface area contributed by atoms with Crippen molar-refractivity contribution in [2.45, 2.75) is 19.5 Å². The lowest BCUT2D eigenvalue weighted by atomic mass is 10.2. The number of carbonyl (C=O) groups excluding carboxylic acids is 2. The van der Waals surface area contributed by atoms with Crippen molar-refractivity contribution in [3.05, 3.63) is 54.1 Å². The van der Waals surface area contributed by atoms with Gasteiger partial charge in [-0.15, -0.1) is 0 Å². The quantitative estimate of drug-likeness (QED) is 0.747. The molecule has 31 heavy (non-hydrogen) atoms. The van der Waals surface area contributed by atoms with E-state index >= 15 is 0 Å². The van der Waals surface area contributed by atoms with Crippen LogP contribution in [0.15, 0.2) is 48.5 Å². The highest BCUT2D eigenvalue weighted by atomic mass is 19.4. The Morgan fingerprint density at radius 1 is 1.03 bits per heavy atom. The van der Waals surface area contributed by atoms with E-state index in [1.54, 1.807) is 48.5 Å². The molecule has 9 heteroatoms. The van der Waals surface area contributed by atoms with E-state index in [4.69, 9.17) is 4.74 Å². The highest BCUT2D eigenvalue weighted by Crippen LogP contribution is 2.23. The molecular weight excluding hydrogens is 411 g/mol. The summed E-state index contributed by atoms with van der Waals surface area (Å²) in [5.74, 6) is -1.43. The second-order valence-corrected chi connectivity index (χ2v) is 7.15. The van der Waals surface area contributed by atoms with Gasteiger partial charge >= 0.3 is 12.1 Å². The van der Waals surface area contributed by atoms with Crippen molar-refractivity contribution < 1.29 is 27.5 Å². The monoisotopic (exact) mass is 435 g/mol. The Morgan fingerprint density at radius 2 is 1.71 bits per heavy atom. The molecule has 2 amide bonds. The first-order valence-electron chi connectivity index (χ1n) is 10.0. The summed E-state index contributed by atoms with van der Waals surface area (Å²) < 4.78 is 43.2. The predicted molar refractivity (Wildman–Crippen MR) is 111 cm³/mol. The molecule has 0 aromatic heterocycles. The van der Waals surface area contributed by atoms with Gasteiger partial charge in [-0.3, -0.25) is 9.59 Å². The zero-order valence-electron chi connectivity index (χ0n) is 17.1. The summed E-state index contributed by atoms with van der Waals surface area (Å²) in [4.78, 5) is 26.6. The van der Waals surface area contributed by atoms with Gasteiger partial charge in [-0.05, 0) is 48.9 Å². The number of nitrogens with zero attached hydrogens (tertiary/aromatic N) is 2. The molecule has 1 fully saturated rings. The van der Waals surface area contributed by atoms with Crippen LogP contribution in [0.5, 0.6) is 5.75 Å². The molecule has 2 aromatic rings. The summed E-state index contributed by atoms with van der Waals surface area (Å²) in [6.07, 6.45) is -3.97. The van der Waals surface area contributed by atoms with Gasteiger partial charge in [0.05, 0.1) is 6.61 Å². The molecule has 0 atom stereocenters. The first-order valence-corrected chi connectivity index (χ1v) is 10.0. The molecule has 1 saturated heterocycles. The molecule has 0 saturated carbocycles. The van der Waals surface area contributed by atoms with Crippen molar-refractivity contribution in [3.63, 3.8) is 0 Å². The zero-order chi connectivity index (χ0) is 22.4. The van der Waals surface area contributed by atoms with E-state index in [1.807, 2.05) is 11.8 Å². The lowest BCUT2D eigenvalue weighted by molar-refractivity contribution is -0.185. The van der Waals surface area contributed by atoms with Crippen LogP contribution in [0, 0.1) is 0 Å². The topological polar surface area (TPSA) is 61.9 Å². The molecule has 1 aliphatic rings. The van der Waals surface area contributed by atoms with Crippen LogP contribution in [-0.4, -0.2) is 55.7 Å². The third-order valence-corrected chi connectivity index (χ3v) is 4.87. The van der Waals surface area contributed by atoms with E-state index in [0.717, 1.165) is 17.0 Å². The molecule has 0 unspecified atom stereocenters. The van der Waals surface area contributed by atoms with Gasteiger partial charge in [0.2, 0.25) is 0 Å². The Balaban J connectivity index is 1.56. The minimum Gasteiger partial charge on any atom is -0.494 e.